The summed E-state index contributed by atoms with van der Waals surface area (Å²) in [6, 6.07) is -0.974. The Labute approximate surface area is 149 Å². The third kappa shape index (κ3) is 3.85. The summed E-state index contributed by atoms with van der Waals surface area (Å²) in [4.78, 5) is 23.5. The molecule has 0 amide bonds. The molecule has 11 nitrogen and oxygen atoms in total. The quantitative estimate of drug-likeness (QED) is 0.605. The number of nitrogen functional groups attached to an aromatic ring is 1. The number of nitrogens with two attached hydrogens (primary N) is 1. The molecule has 1 aliphatic rings. The molecule has 2 aromatic rings. The van der Waals surface area contributed by atoms with Crippen LogP contribution >= 0.6 is 7.52 Å². The SMILES string of the molecule is CC(C)[C@H](NP1(=O)CO[C@@H](Cn2cnc3c(N)ncnc32)CO1)C(=O)O. The summed E-state index contributed by atoms with van der Waals surface area (Å²) in [5, 5.41) is 11.8. The van der Waals surface area contributed by atoms with Gasteiger partial charge in [0.2, 0.25) is 0 Å². The molecule has 0 spiro atoms. The van der Waals surface area contributed by atoms with Crippen molar-refractivity contribution in [1.29, 1.82) is 0 Å². The molecule has 0 radical (unpaired) electrons. The van der Waals surface area contributed by atoms with Crippen molar-refractivity contribution in [3.63, 3.8) is 0 Å². The van der Waals surface area contributed by atoms with E-state index in [1.54, 1.807) is 24.7 Å². The van der Waals surface area contributed by atoms with Crippen LogP contribution in [0.4, 0.5) is 5.82 Å². The number of carbonyl (C=O) groups is 1. The number of aromatic nitrogens is 4. The largest absolute Gasteiger partial charge is 0.480 e. The average Bonchev–Trinajstić information content (AvgIpc) is 2.99. The van der Waals surface area contributed by atoms with Gasteiger partial charge in [-0.25, -0.2) is 20.0 Å². The number of anilines is 1. The molecule has 26 heavy (non-hydrogen) atoms. The van der Waals surface area contributed by atoms with E-state index in [4.69, 9.17) is 15.0 Å². The van der Waals surface area contributed by atoms with Crippen molar-refractivity contribution in [1.82, 2.24) is 24.6 Å². The standard InChI is InChI=1S/C14H21N6O5P/c1-8(2)10(14(21)22)19-26(23)7-24-9(4-25-26)3-20-6-18-11-12(15)16-5-17-13(11)20/h5-6,8-10H,3-4,7H2,1-2H3,(H,19,23)(H,21,22)(H2,15,16,17)/t9-,10-,26?/m0/s1. The van der Waals surface area contributed by atoms with Crippen molar-refractivity contribution in [2.45, 2.75) is 32.5 Å². The highest BCUT2D eigenvalue weighted by atomic mass is 31.2. The van der Waals surface area contributed by atoms with Gasteiger partial charge < -0.3 is 24.7 Å². The van der Waals surface area contributed by atoms with Crippen LogP contribution in [0.2, 0.25) is 0 Å². The van der Waals surface area contributed by atoms with Gasteiger partial charge in [-0.15, -0.1) is 0 Å². The Bertz CT molecular complexity index is 843. The van der Waals surface area contributed by atoms with Gasteiger partial charge >= 0.3 is 5.97 Å². The Hall–Kier alpha value is -2.07. The molecule has 3 heterocycles. The molecule has 1 saturated heterocycles. The van der Waals surface area contributed by atoms with Crippen LogP contribution in [0.1, 0.15) is 13.8 Å². The molecular formula is C14H21N6O5P. The van der Waals surface area contributed by atoms with Gasteiger partial charge in [-0.1, -0.05) is 13.8 Å². The second-order valence-corrected chi connectivity index (χ2v) is 8.53. The van der Waals surface area contributed by atoms with Crippen molar-refractivity contribution >= 4 is 30.5 Å². The molecule has 0 bridgehead atoms. The first-order valence-electron chi connectivity index (χ1n) is 8.06. The van der Waals surface area contributed by atoms with Crippen molar-refractivity contribution in [2.75, 3.05) is 18.7 Å². The fraction of sp³-hybridized carbons (Fsp3) is 0.571. The van der Waals surface area contributed by atoms with Crippen molar-refractivity contribution in [3.8, 4) is 0 Å². The fourth-order valence-corrected chi connectivity index (χ4v) is 4.50. The molecule has 0 saturated carbocycles. The maximum atomic E-state index is 12.7. The molecule has 0 aromatic carbocycles. The average molecular weight is 384 g/mol. The summed E-state index contributed by atoms with van der Waals surface area (Å²) in [7, 11) is -3.38. The molecule has 4 N–H and O–H groups in total. The normalized spacial score (nSPS) is 24.8. The lowest BCUT2D eigenvalue weighted by molar-refractivity contribution is -0.140. The van der Waals surface area contributed by atoms with E-state index in [0.717, 1.165) is 0 Å². The highest BCUT2D eigenvalue weighted by Crippen LogP contribution is 2.46. The Balaban J connectivity index is 1.64. The molecule has 1 aliphatic heterocycles. The number of ether oxygens (including phenoxy) is 1. The number of hydrogen-bond acceptors (Lipinski definition) is 8. The van der Waals surface area contributed by atoms with Gasteiger partial charge in [-0.05, 0) is 5.92 Å². The smallest absolute Gasteiger partial charge is 0.321 e. The number of hydrogen-bond donors (Lipinski definition) is 3. The molecule has 3 rings (SSSR count). The predicted octanol–water partition coefficient (Wildman–Crippen LogP) is 0.673. The summed E-state index contributed by atoms with van der Waals surface area (Å²) in [5.74, 6) is -1.04. The van der Waals surface area contributed by atoms with Crippen LogP contribution in [0.5, 0.6) is 0 Å². The van der Waals surface area contributed by atoms with Crippen LogP contribution < -0.4 is 10.8 Å². The Morgan fingerprint density at radius 2 is 2.27 bits per heavy atom. The number of nitrogens with one attached hydrogen (secondary N) is 1. The minimum atomic E-state index is -3.38. The number of imidazole rings is 1. The van der Waals surface area contributed by atoms with Gasteiger partial charge in [0, 0.05) is 0 Å². The number of nitrogens with zero attached hydrogens (tertiary/aromatic N) is 4. The zero-order valence-corrected chi connectivity index (χ0v) is 15.3. The van der Waals surface area contributed by atoms with Gasteiger partial charge in [0.1, 0.15) is 30.3 Å². The topological polar surface area (TPSA) is 154 Å². The van der Waals surface area contributed by atoms with Crippen molar-refractivity contribution in [2.24, 2.45) is 5.92 Å². The molecule has 2 aromatic heterocycles. The van der Waals surface area contributed by atoms with Crippen LogP contribution in [0.15, 0.2) is 12.7 Å². The predicted molar refractivity (Wildman–Crippen MR) is 92.4 cm³/mol. The van der Waals surface area contributed by atoms with Crippen molar-refractivity contribution in [3.05, 3.63) is 12.7 Å². The molecule has 1 unspecified atom stereocenters. The van der Waals surface area contributed by atoms with Crippen LogP contribution in [0.3, 0.4) is 0 Å². The molecule has 12 heteroatoms. The lowest BCUT2D eigenvalue weighted by Crippen LogP contribution is -2.42. The number of carboxylic acids is 1. The lowest BCUT2D eigenvalue weighted by Gasteiger charge is -2.32. The summed E-state index contributed by atoms with van der Waals surface area (Å²) in [5.41, 5.74) is 6.82. The molecule has 1 fully saturated rings. The zero-order valence-electron chi connectivity index (χ0n) is 14.4. The Morgan fingerprint density at radius 1 is 1.50 bits per heavy atom. The highest BCUT2D eigenvalue weighted by molar-refractivity contribution is 7.56. The molecular weight excluding hydrogens is 363 g/mol. The number of carboxylic acid groups (broad SMARTS) is 1. The Kier molecular flexibility index (Phi) is 5.24. The third-order valence-electron chi connectivity index (χ3n) is 4.05. The lowest BCUT2D eigenvalue weighted by atomic mass is 10.1. The fourth-order valence-electron chi connectivity index (χ4n) is 2.63. The van der Waals surface area contributed by atoms with Crippen LogP contribution in [-0.4, -0.2) is 55.7 Å². The first-order chi connectivity index (χ1) is 12.3. The monoisotopic (exact) mass is 384 g/mol. The second kappa shape index (κ2) is 7.28. The highest BCUT2D eigenvalue weighted by Gasteiger charge is 2.37. The van der Waals surface area contributed by atoms with E-state index in [2.05, 4.69) is 20.0 Å². The van der Waals surface area contributed by atoms with Gasteiger partial charge in [0.15, 0.2) is 11.5 Å². The molecule has 3 atom stereocenters. The maximum absolute atomic E-state index is 12.7. The molecule has 0 aliphatic carbocycles. The first-order valence-corrected chi connectivity index (χ1v) is 9.87. The number of aliphatic carboxylic acids is 1. The van der Waals surface area contributed by atoms with Crippen LogP contribution in [-0.2, 0) is 25.2 Å². The molecule has 142 valence electrons. The second-order valence-electron chi connectivity index (χ2n) is 6.40. The zero-order chi connectivity index (χ0) is 18.9. The maximum Gasteiger partial charge on any atom is 0.321 e. The van der Waals surface area contributed by atoms with E-state index in [-0.39, 0.29) is 30.8 Å². The van der Waals surface area contributed by atoms with E-state index >= 15 is 0 Å². The van der Waals surface area contributed by atoms with E-state index < -0.39 is 19.5 Å². The van der Waals surface area contributed by atoms with Gasteiger partial charge in [0.25, 0.3) is 7.52 Å². The number of fused-ring (bicyclic) bond motifs is 1. The third-order valence-corrected chi connectivity index (χ3v) is 5.77. The van der Waals surface area contributed by atoms with E-state index in [1.807, 2.05) is 0 Å². The summed E-state index contributed by atoms with van der Waals surface area (Å²) < 4.78 is 25.5. The number of rotatable bonds is 6. The summed E-state index contributed by atoms with van der Waals surface area (Å²) >= 11 is 0. The summed E-state index contributed by atoms with van der Waals surface area (Å²) in [6.07, 6.45) is 2.34. The first kappa shape index (κ1) is 18.7. The van der Waals surface area contributed by atoms with E-state index in [9.17, 15) is 14.5 Å². The van der Waals surface area contributed by atoms with Gasteiger partial charge in [-0.3, -0.25) is 9.36 Å². The minimum absolute atomic E-state index is 0.0505. The van der Waals surface area contributed by atoms with Crippen molar-refractivity contribution < 1.29 is 23.7 Å². The Morgan fingerprint density at radius 3 is 2.88 bits per heavy atom. The van der Waals surface area contributed by atoms with Crippen LogP contribution in [0, 0.1) is 5.92 Å². The minimum Gasteiger partial charge on any atom is -0.480 e. The van der Waals surface area contributed by atoms with Gasteiger partial charge in [-0.2, -0.15) is 0 Å². The van der Waals surface area contributed by atoms with Crippen LogP contribution in [0.25, 0.3) is 11.2 Å². The summed E-state index contributed by atoms with van der Waals surface area (Å²) in [6.45, 7) is 3.88. The van der Waals surface area contributed by atoms with E-state index in [1.165, 1.54) is 6.33 Å². The van der Waals surface area contributed by atoms with Gasteiger partial charge in [0.05, 0.1) is 19.5 Å². The van der Waals surface area contributed by atoms with E-state index in [0.29, 0.717) is 17.7 Å².